The van der Waals surface area contributed by atoms with Gasteiger partial charge in [-0.3, -0.25) is 4.79 Å². The maximum atomic E-state index is 12.5. The Balaban J connectivity index is 1.57. The molecule has 0 aliphatic carbocycles. The summed E-state index contributed by atoms with van der Waals surface area (Å²) in [5.74, 6) is 1.06. The van der Waals surface area contributed by atoms with E-state index in [0.29, 0.717) is 11.8 Å². The number of amides is 1. The monoisotopic (exact) mass is 381 g/mol. The number of rotatable bonds is 4. The van der Waals surface area contributed by atoms with E-state index in [-0.39, 0.29) is 12.5 Å². The summed E-state index contributed by atoms with van der Waals surface area (Å²) >= 11 is 1.56. The van der Waals surface area contributed by atoms with Crippen LogP contribution < -0.4 is 4.74 Å². The molecule has 1 aromatic carbocycles. The van der Waals surface area contributed by atoms with Crippen LogP contribution in [0, 0.1) is 12.8 Å². The Morgan fingerprint density at radius 1 is 1.30 bits per heavy atom. The Morgan fingerprint density at radius 2 is 2.11 bits per heavy atom. The number of nitrogens with zero attached hydrogens (tertiary/aromatic N) is 3. The summed E-state index contributed by atoms with van der Waals surface area (Å²) < 4.78 is 5.88. The van der Waals surface area contributed by atoms with Crippen molar-refractivity contribution in [3.63, 3.8) is 0 Å². The highest BCUT2D eigenvalue weighted by atomic mass is 32.1. The van der Waals surface area contributed by atoms with Crippen LogP contribution in [0.4, 0.5) is 0 Å². The quantitative estimate of drug-likeness (QED) is 0.676. The predicted molar refractivity (Wildman–Crippen MR) is 108 cm³/mol. The third-order valence-electron chi connectivity index (χ3n) is 5.04. The number of hydrogen-bond acceptors (Lipinski definition) is 5. The van der Waals surface area contributed by atoms with Gasteiger partial charge in [0.15, 0.2) is 6.61 Å². The summed E-state index contributed by atoms with van der Waals surface area (Å²) in [5, 5.41) is 2.96. The molecule has 1 aliphatic heterocycles. The SMILES string of the molecule is Cc1ccc(-c2csc3ncnc(OCC(=O)N4CCC[C@H](C)C4)c23)cc1. The van der Waals surface area contributed by atoms with Crippen LogP contribution in [0.1, 0.15) is 25.3 Å². The van der Waals surface area contributed by atoms with Crippen molar-refractivity contribution in [2.45, 2.75) is 26.7 Å². The minimum atomic E-state index is 0.0159. The first-order valence-corrected chi connectivity index (χ1v) is 10.2. The van der Waals surface area contributed by atoms with Crippen LogP contribution in [-0.2, 0) is 4.79 Å². The summed E-state index contributed by atoms with van der Waals surface area (Å²) in [6.45, 7) is 5.91. The van der Waals surface area contributed by atoms with Crippen molar-refractivity contribution in [2.24, 2.45) is 5.92 Å². The highest BCUT2D eigenvalue weighted by Gasteiger charge is 2.22. The summed E-state index contributed by atoms with van der Waals surface area (Å²) in [5.41, 5.74) is 3.36. The number of aryl methyl sites for hydroxylation is 1. The molecule has 1 fully saturated rings. The second-order valence-electron chi connectivity index (χ2n) is 7.25. The van der Waals surface area contributed by atoms with Gasteiger partial charge in [0.1, 0.15) is 11.2 Å². The standard InChI is InChI=1S/C21H23N3O2S/c1-14-5-7-16(8-6-14)17-12-27-21-19(17)20(22-13-23-21)26-11-18(25)24-9-3-4-15(2)10-24/h5-8,12-13,15H,3-4,9-11H2,1-2H3/t15-/m0/s1. The largest absolute Gasteiger partial charge is 0.467 e. The van der Waals surface area contributed by atoms with Gasteiger partial charge in [0.2, 0.25) is 5.88 Å². The van der Waals surface area contributed by atoms with Crippen LogP contribution in [0.25, 0.3) is 21.3 Å². The lowest BCUT2D eigenvalue weighted by Gasteiger charge is -2.30. The van der Waals surface area contributed by atoms with Crippen molar-refractivity contribution in [2.75, 3.05) is 19.7 Å². The van der Waals surface area contributed by atoms with Crippen molar-refractivity contribution < 1.29 is 9.53 Å². The first-order chi connectivity index (χ1) is 13.1. The molecule has 0 spiro atoms. The number of piperidine rings is 1. The lowest BCUT2D eigenvalue weighted by atomic mass is 10.0. The van der Waals surface area contributed by atoms with Gasteiger partial charge >= 0.3 is 0 Å². The molecule has 0 saturated carbocycles. The predicted octanol–water partition coefficient (Wildman–Crippen LogP) is 4.30. The number of fused-ring (bicyclic) bond motifs is 1. The van der Waals surface area contributed by atoms with Gasteiger partial charge in [0.25, 0.3) is 5.91 Å². The van der Waals surface area contributed by atoms with E-state index < -0.39 is 0 Å². The van der Waals surface area contributed by atoms with Crippen LogP contribution in [-0.4, -0.2) is 40.5 Å². The Hall–Kier alpha value is -2.47. The van der Waals surface area contributed by atoms with Crippen LogP contribution >= 0.6 is 11.3 Å². The number of aromatic nitrogens is 2. The minimum absolute atomic E-state index is 0.0159. The van der Waals surface area contributed by atoms with Gasteiger partial charge in [0, 0.05) is 24.0 Å². The van der Waals surface area contributed by atoms with Crippen molar-refractivity contribution >= 4 is 27.5 Å². The molecule has 0 N–H and O–H groups in total. The van der Waals surface area contributed by atoms with E-state index in [4.69, 9.17) is 4.74 Å². The van der Waals surface area contributed by atoms with Crippen LogP contribution in [0.5, 0.6) is 5.88 Å². The Kier molecular flexibility index (Phi) is 5.07. The van der Waals surface area contributed by atoms with Gasteiger partial charge < -0.3 is 9.64 Å². The van der Waals surface area contributed by atoms with Crippen molar-refractivity contribution in [3.8, 4) is 17.0 Å². The topological polar surface area (TPSA) is 55.3 Å². The number of likely N-dealkylation sites (tertiary alicyclic amines) is 1. The number of benzene rings is 1. The Morgan fingerprint density at radius 3 is 2.89 bits per heavy atom. The molecule has 1 atom stereocenters. The first kappa shape index (κ1) is 17.9. The fraction of sp³-hybridized carbons (Fsp3) is 0.381. The fourth-order valence-electron chi connectivity index (χ4n) is 3.54. The third-order valence-corrected chi connectivity index (χ3v) is 5.93. The Labute approximate surface area is 163 Å². The van der Waals surface area contributed by atoms with Gasteiger partial charge in [-0.25, -0.2) is 9.97 Å². The smallest absolute Gasteiger partial charge is 0.260 e. The second kappa shape index (κ2) is 7.64. The summed E-state index contributed by atoms with van der Waals surface area (Å²) in [6.07, 6.45) is 3.75. The molecular formula is C21H23N3O2S. The number of hydrogen-bond donors (Lipinski definition) is 0. The molecule has 6 heteroatoms. The molecule has 27 heavy (non-hydrogen) atoms. The number of ether oxygens (including phenoxy) is 1. The van der Waals surface area contributed by atoms with Gasteiger partial charge in [-0.15, -0.1) is 11.3 Å². The van der Waals surface area contributed by atoms with E-state index in [9.17, 15) is 4.79 Å². The zero-order valence-corrected chi connectivity index (χ0v) is 16.5. The Bertz CT molecular complexity index is 952. The van der Waals surface area contributed by atoms with Crippen molar-refractivity contribution in [3.05, 3.63) is 41.5 Å². The summed E-state index contributed by atoms with van der Waals surface area (Å²) in [7, 11) is 0. The molecule has 1 aliphatic rings. The third kappa shape index (κ3) is 3.81. The van der Waals surface area contributed by atoms with Crippen molar-refractivity contribution in [1.82, 2.24) is 14.9 Å². The minimum Gasteiger partial charge on any atom is -0.467 e. The van der Waals surface area contributed by atoms with E-state index in [0.717, 1.165) is 40.9 Å². The molecular weight excluding hydrogens is 358 g/mol. The molecule has 1 amide bonds. The van der Waals surface area contributed by atoms with E-state index in [1.165, 1.54) is 18.3 Å². The number of thiophene rings is 1. The first-order valence-electron chi connectivity index (χ1n) is 9.31. The normalized spacial score (nSPS) is 17.3. The molecule has 0 bridgehead atoms. The van der Waals surface area contributed by atoms with Crippen LogP contribution in [0.2, 0.25) is 0 Å². The van der Waals surface area contributed by atoms with E-state index >= 15 is 0 Å². The fourth-order valence-corrected chi connectivity index (χ4v) is 4.45. The molecule has 0 unspecified atom stereocenters. The molecule has 3 aromatic rings. The zero-order valence-electron chi connectivity index (χ0n) is 15.6. The molecule has 1 saturated heterocycles. The van der Waals surface area contributed by atoms with Crippen LogP contribution in [0.15, 0.2) is 36.0 Å². The molecule has 0 radical (unpaired) electrons. The van der Waals surface area contributed by atoms with E-state index in [1.807, 2.05) is 4.90 Å². The number of carbonyl (C=O) groups is 1. The number of carbonyl (C=O) groups excluding carboxylic acids is 1. The molecule has 140 valence electrons. The van der Waals surface area contributed by atoms with Gasteiger partial charge in [0.05, 0.1) is 5.39 Å². The van der Waals surface area contributed by atoms with Gasteiger partial charge in [-0.2, -0.15) is 0 Å². The van der Waals surface area contributed by atoms with Gasteiger partial charge in [-0.05, 0) is 31.2 Å². The van der Waals surface area contributed by atoms with E-state index in [2.05, 4.69) is 53.5 Å². The lowest BCUT2D eigenvalue weighted by molar-refractivity contribution is -0.135. The summed E-state index contributed by atoms with van der Waals surface area (Å²) in [6, 6.07) is 8.36. The van der Waals surface area contributed by atoms with Crippen molar-refractivity contribution in [1.29, 1.82) is 0 Å². The highest BCUT2D eigenvalue weighted by Crippen LogP contribution is 2.37. The second-order valence-corrected chi connectivity index (χ2v) is 8.11. The molecule has 2 aromatic heterocycles. The lowest BCUT2D eigenvalue weighted by Crippen LogP contribution is -2.41. The zero-order chi connectivity index (χ0) is 18.8. The molecule has 3 heterocycles. The molecule has 5 nitrogen and oxygen atoms in total. The maximum Gasteiger partial charge on any atom is 0.260 e. The average Bonchev–Trinajstić information content (AvgIpc) is 3.11. The highest BCUT2D eigenvalue weighted by molar-refractivity contribution is 7.17. The maximum absolute atomic E-state index is 12.5. The summed E-state index contributed by atoms with van der Waals surface area (Å²) in [4.78, 5) is 24.0. The van der Waals surface area contributed by atoms with Crippen LogP contribution in [0.3, 0.4) is 0 Å². The average molecular weight is 382 g/mol. The van der Waals surface area contributed by atoms with E-state index in [1.54, 1.807) is 11.3 Å². The van der Waals surface area contributed by atoms with Gasteiger partial charge in [-0.1, -0.05) is 36.8 Å². The molecule has 4 rings (SSSR count).